The summed E-state index contributed by atoms with van der Waals surface area (Å²) < 4.78 is 4.88. The van der Waals surface area contributed by atoms with E-state index in [-0.39, 0.29) is 6.54 Å². The van der Waals surface area contributed by atoms with Gasteiger partial charge in [-0.1, -0.05) is 0 Å². The van der Waals surface area contributed by atoms with Crippen LogP contribution in [0.15, 0.2) is 0 Å². The van der Waals surface area contributed by atoms with Crippen molar-refractivity contribution in [2.24, 2.45) is 0 Å². The molecule has 2 atom stereocenters. The van der Waals surface area contributed by atoms with Gasteiger partial charge in [0.1, 0.15) is 0 Å². The van der Waals surface area contributed by atoms with Gasteiger partial charge in [0.05, 0.1) is 6.10 Å². The fourth-order valence-corrected chi connectivity index (χ4v) is 1.52. The molecule has 0 unspecified atom stereocenters. The van der Waals surface area contributed by atoms with E-state index in [9.17, 15) is 9.59 Å². The molecule has 0 radical (unpaired) electrons. The van der Waals surface area contributed by atoms with Gasteiger partial charge >= 0.3 is 12.1 Å². The first kappa shape index (κ1) is 9.79. The summed E-state index contributed by atoms with van der Waals surface area (Å²) in [5.41, 5.74) is 0. The number of nitrogens with zero attached hydrogens (tertiary/aromatic N) is 1. The first-order chi connectivity index (χ1) is 6.07. The summed E-state index contributed by atoms with van der Waals surface area (Å²) in [5, 5.41) is 17.4. The minimum atomic E-state index is -1.22. The third-order valence-electron chi connectivity index (χ3n) is 2.14. The molecule has 1 rings (SSSR count). The van der Waals surface area contributed by atoms with Crippen LogP contribution in [0.1, 0.15) is 6.42 Å². The molecule has 0 bridgehead atoms. The number of hydrogen-bond donors (Lipinski definition) is 2. The van der Waals surface area contributed by atoms with Crippen molar-refractivity contribution in [2.75, 3.05) is 13.7 Å². The van der Waals surface area contributed by atoms with Crippen LogP contribution < -0.4 is 0 Å². The number of likely N-dealkylation sites (tertiary alicyclic amines) is 1. The molecule has 1 fully saturated rings. The predicted molar refractivity (Wildman–Crippen MR) is 41.6 cm³/mol. The maximum Gasteiger partial charge on any atom is 0.408 e. The maximum atomic E-state index is 10.7. The van der Waals surface area contributed by atoms with E-state index in [4.69, 9.17) is 14.9 Å². The van der Waals surface area contributed by atoms with Crippen LogP contribution >= 0.6 is 0 Å². The van der Waals surface area contributed by atoms with Gasteiger partial charge in [-0.2, -0.15) is 0 Å². The topological polar surface area (TPSA) is 87.1 Å². The van der Waals surface area contributed by atoms with Crippen molar-refractivity contribution < 1.29 is 24.5 Å². The van der Waals surface area contributed by atoms with E-state index in [2.05, 4.69) is 0 Å². The quantitative estimate of drug-likeness (QED) is 0.630. The molecule has 0 aliphatic carbocycles. The Labute approximate surface area is 74.7 Å². The van der Waals surface area contributed by atoms with Crippen molar-refractivity contribution in [1.82, 2.24) is 4.90 Å². The van der Waals surface area contributed by atoms with E-state index < -0.39 is 24.2 Å². The van der Waals surface area contributed by atoms with Crippen LogP contribution in [0.2, 0.25) is 0 Å². The summed E-state index contributed by atoms with van der Waals surface area (Å²) in [4.78, 5) is 22.2. The predicted octanol–water partition coefficient (Wildman–Crippen LogP) is -0.162. The average Bonchev–Trinajstić information content (AvgIpc) is 2.46. The molecule has 0 spiro atoms. The SMILES string of the molecule is CO[C@@H]1CCN(C(=O)O)[C@@H]1C(=O)O. The van der Waals surface area contributed by atoms with Crippen molar-refractivity contribution in [3.8, 4) is 0 Å². The van der Waals surface area contributed by atoms with E-state index >= 15 is 0 Å². The van der Waals surface area contributed by atoms with Crippen LogP contribution in [0.25, 0.3) is 0 Å². The van der Waals surface area contributed by atoms with E-state index in [0.29, 0.717) is 6.42 Å². The Morgan fingerprint density at radius 3 is 2.46 bits per heavy atom. The first-order valence-electron chi connectivity index (χ1n) is 3.83. The molecule has 2 N–H and O–H groups in total. The molecular formula is C7H11NO5. The number of hydrogen-bond acceptors (Lipinski definition) is 3. The van der Waals surface area contributed by atoms with Crippen molar-refractivity contribution in [3.63, 3.8) is 0 Å². The number of methoxy groups -OCH3 is 1. The summed E-state index contributed by atoms with van der Waals surface area (Å²) in [5.74, 6) is -1.16. The molecule has 6 heteroatoms. The number of carbonyl (C=O) groups is 2. The molecule has 0 aromatic heterocycles. The molecule has 74 valence electrons. The second kappa shape index (κ2) is 3.61. The Hall–Kier alpha value is -1.30. The van der Waals surface area contributed by atoms with E-state index in [1.165, 1.54) is 7.11 Å². The summed E-state index contributed by atoms with van der Waals surface area (Å²) in [6.07, 6.45) is -1.32. The molecule has 0 saturated carbocycles. The molecule has 1 heterocycles. The van der Waals surface area contributed by atoms with Crippen LogP contribution in [-0.4, -0.2) is 53.0 Å². The highest BCUT2D eigenvalue weighted by Gasteiger charge is 2.42. The monoisotopic (exact) mass is 189 g/mol. The lowest BCUT2D eigenvalue weighted by molar-refractivity contribution is -0.145. The normalized spacial score (nSPS) is 27.6. The van der Waals surface area contributed by atoms with Crippen LogP contribution in [0.4, 0.5) is 4.79 Å². The molecule has 0 aromatic rings. The van der Waals surface area contributed by atoms with Gasteiger partial charge in [-0.3, -0.25) is 4.90 Å². The Balaban J connectivity index is 2.78. The zero-order valence-electron chi connectivity index (χ0n) is 7.14. The Kier molecular flexibility index (Phi) is 2.72. The van der Waals surface area contributed by atoms with Crippen LogP contribution in [-0.2, 0) is 9.53 Å². The smallest absolute Gasteiger partial charge is 0.408 e. The fourth-order valence-electron chi connectivity index (χ4n) is 1.52. The zero-order chi connectivity index (χ0) is 10.0. The number of aliphatic carboxylic acids is 1. The molecule has 1 aliphatic heterocycles. The van der Waals surface area contributed by atoms with Gasteiger partial charge in [-0.25, -0.2) is 9.59 Å². The summed E-state index contributed by atoms with van der Waals surface area (Å²) in [6, 6.07) is -1.07. The van der Waals surface area contributed by atoms with Crippen molar-refractivity contribution >= 4 is 12.1 Å². The van der Waals surface area contributed by atoms with E-state index in [1.807, 2.05) is 0 Å². The number of amides is 1. The van der Waals surface area contributed by atoms with Crippen LogP contribution in [0.5, 0.6) is 0 Å². The highest BCUT2D eigenvalue weighted by atomic mass is 16.5. The number of ether oxygens (including phenoxy) is 1. The third-order valence-corrected chi connectivity index (χ3v) is 2.14. The van der Waals surface area contributed by atoms with Gasteiger partial charge in [-0.05, 0) is 6.42 Å². The lowest BCUT2D eigenvalue weighted by Crippen LogP contribution is -2.44. The average molecular weight is 189 g/mol. The zero-order valence-corrected chi connectivity index (χ0v) is 7.14. The van der Waals surface area contributed by atoms with Gasteiger partial charge in [0, 0.05) is 13.7 Å². The van der Waals surface area contributed by atoms with Crippen LogP contribution in [0, 0.1) is 0 Å². The Morgan fingerprint density at radius 2 is 2.08 bits per heavy atom. The highest BCUT2D eigenvalue weighted by Crippen LogP contribution is 2.20. The Morgan fingerprint density at radius 1 is 1.46 bits per heavy atom. The minimum absolute atomic E-state index is 0.213. The molecular weight excluding hydrogens is 178 g/mol. The lowest BCUT2D eigenvalue weighted by atomic mass is 10.2. The van der Waals surface area contributed by atoms with Gasteiger partial charge < -0.3 is 14.9 Å². The van der Waals surface area contributed by atoms with Gasteiger partial charge in [0.2, 0.25) is 0 Å². The van der Waals surface area contributed by atoms with Crippen molar-refractivity contribution in [3.05, 3.63) is 0 Å². The second-order valence-electron chi connectivity index (χ2n) is 2.82. The third kappa shape index (κ3) is 1.72. The number of rotatable bonds is 2. The van der Waals surface area contributed by atoms with Crippen molar-refractivity contribution in [2.45, 2.75) is 18.6 Å². The van der Waals surface area contributed by atoms with Crippen LogP contribution in [0.3, 0.4) is 0 Å². The lowest BCUT2D eigenvalue weighted by Gasteiger charge is -2.20. The fraction of sp³-hybridized carbons (Fsp3) is 0.714. The van der Waals surface area contributed by atoms with Gasteiger partial charge in [0.15, 0.2) is 6.04 Å². The van der Waals surface area contributed by atoms with E-state index in [0.717, 1.165) is 4.90 Å². The molecule has 1 aliphatic rings. The summed E-state index contributed by atoms with van der Waals surface area (Å²) in [6.45, 7) is 0.213. The number of carboxylic acids is 1. The summed E-state index contributed by atoms with van der Waals surface area (Å²) >= 11 is 0. The first-order valence-corrected chi connectivity index (χ1v) is 3.83. The minimum Gasteiger partial charge on any atom is -0.480 e. The number of carboxylic acid groups (broad SMARTS) is 2. The standard InChI is InChI=1S/C7H11NO5/c1-13-4-2-3-8(7(11)12)5(4)6(9)10/h4-5H,2-3H2,1H3,(H,9,10)(H,11,12)/t4-,5+/m1/s1. The maximum absolute atomic E-state index is 10.7. The second-order valence-corrected chi connectivity index (χ2v) is 2.82. The van der Waals surface area contributed by atoms with Gasteiger partial charge in [0.25, 0.3) is 0 Å². The van der Waals surface area contributed by atoms with E-state index in [1.54, 1.807) is 0 Å². The largest absolute Gasteiger partial charge is 0.480 e. The molecule has 0 aromatic carbocycles. The molecule has 1 amide bonds. The van der Waals surface area contributed by atoms with Crippen molar-refractivity contribution in [1.29, 1.82) is 0 Å². The Bertz CT molecular complexity index is 229. The molecule has 13 heavy (non-hydrogen) atoms. The molecule has 1 saturated heterocycles. The van der Waals surface area contributed by atoms with Gasteiger partial charge in [-0.15, -0.1) is 0 Å². The molecule has 6 nitrogen and oxygen atoms in total. The highest BCUT2D eigenvalue weighted by molar-refractivity contribution is 5.80. The summed E-state index contributed by atoms with van der Waals surface area (Å²) in [7, 11) is 1.38.